The van der Waals surface area contributed by atoms with E-state index in [2.05, 4.69) is 23.0 Å². The largest absolute Gasteiger partial charge is 0.368 e. The lowest BCUT2D eigenvalue weighted by Gasteiger charge is -2.38. The molecule has 0 radical (unpaired) electrons. The van der Waals surface area contributed by atoms with Crippen LogP contribution in [0.25, 0.3) is 0 Å². The first kappa shape index (κ1) is 16.8. The van der Waals surface area contributed by atoms with Crippen molar-refractivity contribution >= 4 is 11.5 Å². The Balaban J connectivity index is 1.45. The number of hydrogen-bond donors (Lipinski definition) is 0. The van der Waals surface area contributed by atoms with Crippen molar-refractivity contribution in [1.29, 1.82) is 5.26 Å². The molecule has 26 heavy (non-hydrogen) atoms. The Labute approximate surface area is 153 Å². The number of halogens is 1. The van der Waals surface area contributed by atoms with Crippen LogP contribution in [0.4, 0.5) is 15.9 Å². The van der Waals surface area contributed by atoms with Crippen LogP contribution in [0.1, 0.15) is 43.0 Å². The summed E-state index contributed by atoms with van der Waals surface area (Å²) in [5.41, 5.74) is 0.843. The van der Waals surface area contributed by atoms with Crippen LogP contribution in [-0.4, -0.2) is 36.1 Å². The van der Waals surface area contributed by atoms with Crippen molar-refractivity contribution in [3.8, 4) is 6.07 Å². The molecule has 1 aliphatic carbocycles. The second-order valence-corrected chi connectivity index (χ2v) is 7.12. The fourth-order valence-corrected chi connectivity index (χ4v) is 3.69. The first-order valence-corrected chi connectivity index (χ1v) is 9.16. The number of aromatic nitrogens is 2. The maximum atomic E-state index is 14.2. The first-order valence-electron chi connectivity index (χ1n) is 9.16. The van der Waals surface area contributed by atoms with Crippen molar-refractivity contribution in [3.05, 3.63) is 47.7 Å². The smallest absolute Gasteiger partial charge is 0.147 e. The lowest BCUT2D eigenvalue weighted by Crippen LogP contribution is -2.44. The van der Waals surface area contributed by atoms with Gasteiger partial charge in [0.15, 0.2) is 0 Å². The maximum absolute atomic E-state index is 14.2. The van der Waals surface area contributed by atoms with Gasteiger partial charge in [-0.1, -0.05) is 6.07 Å². The molecule has 1 aromatic heterocycles. The van der Waals surface area contributed by atoms with Gasteiger partial charge in [-0.25, -0.2) is 14.4 Å². The summed E-state index contributed by atoms with van der Waals surface area (Å²) < 4.78 is 14.2. The zero-order valence-electron chi connectivity index (χ0n) is 14.9. The molecule has 0 bridgehead atoms. The Kier molecular flexibility index (Phi) is 4.46. The van der Waals surface area contributed by atoms with Crippen LogP contribution < -0.4 is 9.80 Å². The Morgan fingerprint density at radius 1 is 1.19 bits per heavy atom. The highest BCUT2D eigenvalue weighted by Crippen LogP contribution is 2.38. The molecule has 2 heterocycles. The Morgan fingerprint density at radius 2 is 1.96 bits per heavy atom. The van der Waals surface area contributed by atoms with E-state index >= 15 is 0 Å². The van der Waals surface area contributed by atoms with Crippen LogP contribution in [0.5, 0.6) is 0 Å². The summed E-state index contributed by atoms with van der Waals surface area (Å²) in [4.78, 5) is 13.3. The molecule has 1 aromatic carbocycles. The number of nitrogens with zero attached hydrogens (tertiary/aromatic N) is 5. The molecule has 1 saturated heterocycles. The highest BCUT2D eigenvalue weighted by molar-refractivity contribution is 5.60. The topological polar surface area (TPSA) is 56.1 Å². The molecule has 5 nitrogen and oxygen atoms in total. The summed E-state index contributed by atoms with van der Waals surface area (Å²) >= 11 is 0. The Bertz CT molecular complexity index is 834. The van der Waals surface area contributed by atoms with E-state index in [1.807, 2.05) is 17.2 Å². The van der Waals surface area contributed by atoms with Crippen molar-refractivity contribution in [2.24, 2.45) is 0 Å². The first-order chi connectivity index (χ1) is 12.7. The SMILES string of the molecule is CN(c1ccnc(C2CC2)n1)C1CCN(c2c(F)cccc2C#N)CC1. The van der Waals surface area contributed by atoms with Crippen molar-refractivity contribution in [3.63, 3.8) is 0 Å². The molecular weight excluding hydrogens is 329 g/mol. The summed E-state index contributed by atoms with van der Waals surface area (Å²) in [7, 11) is 2.07. The van der Waals surface area contributed by atoms with Crippen LogP contribution in [0, 0.1) is 17.1 Å². The third-order valence-electron chi connectivity index (χ3n) is 5.40. The monoisotopic (exact) mass is 351 g/mol. The molecule has 0 N–H and O–H groups in total. The van der Waals surface area contributed by atoms with E-state index in [1.165, 1.54) is 18.9 Å². The molecule has 1 aliphatic heterocycles. The van der Waals surface area contributed by atoms with E-state index < -0.39 is 0 Å². The number of benzene rings is 1. The van der Waals surface area contributed by atoms with Gasteiger partial charge in [-0.05, 0) is 43.9 Å². The average molecular weight is 351 g/mol. The minimum atomic E-state index is -0.319. The van der Waals surface area contributed by atoms with E-state index in [-0.39, 0.29) is 5.82 Å². The fraction of sp³-hybridized carbons (Fsp3) is 0.450. The maximum Gasteiger partial charge on any atom is 0.147 e. The van der Waals surface area contributed by atoms with Gasteiger partial charge in [0, 0.05) is 38.3 Å². The second-order valence-electron chi connectivity index (χ2n) is 7.12. The minimum Gasteiger partial charge on any atom is -0.368 e. The van der Waals surface area contributed by atoms with E-state index in [1.54, 1.807) is 12.1 Å². The van der Waals surface area contributed by atoms with Gasteiger partial charge >= 0.3 is 0 Å². The van der Waals surface area contributed by atoms with Crippen molar-refractivity contribution in [2.45, 2.75) is 37.6 Å². The number of nitriles is 1. The summed E-state index contributed by atoms with van der Waals surface area (Å²) in [6, 6.07) is 9.11. The normalized spacial score (nSPS) is 17.8. The molecule has 2 fully saturated rings. The van der Waals surface area contributed by atoms with E-state index in [0.29, 0.717) is 23.2 Å². The average Bonchev–Trinajstić information content (AvgIpc) is 3.53. The lowest BCUT2D eigenvalue weighted by molar-refractivity contribution is 0.474. The fourth-order valence-electron chi connectivity index (χ4n) is 3.69. The summed E-state index contributed by atoms with van der Waals surface area (Å²) in [5, 5.41) is 9.27. The summed E-state index contributed by atoms with van der Waals surface area (Å²) in [6.07, 6.45) is 6.03. The van der Waals surface area contributed by atoms with Gasteiger partial charge in [-0.3, -0.25) is 0 Å². The van der Waals surface area contributed by atoms with E-state index in [0.717, 1.165) is 37.6 Å². The zero-order chi connectivity index (χ0) is 18.1. The molecular formula is C20H22FN5. The molecule has 1 saturated carbocycles. The molecule has 4 rings (SSSR count). The quantitative estimate of drug-likeness (QED) is 0.844. The Morgan fingerprint density at radius 3 is 2.65 bits per heavy atom. The highest BCUT2D eigenvalue weighted by atomic mass is 19.1. The molecule has 0 amide bonds. The zero-order valence-corrected chi connectivity index (χ0v) is 14.9. The van der Waals surface area contributed by atoms with Gasteiger partial charge < -0.3 is 9.80 Å². The van der Waals surface area contributed by atoms with Gasteiger partial charge in [-0.2, -0.15) is 5.26 Å². The number of hydrogen-bond acceptors (Lipinski definition) is 5. The van der Waals surface area contributed by atoms with Gasteiger partial charge in [0.2, 0.25) is 0 Å². The standard InChI is InChI=1S/C20H22FN5/c1-25(18-7-10-23-20(24-18)14-5-6-14)16-8-11-26(12-9-16)19-15(13-22)3-2-4-17(19)21/h2-4,7,10,14,16H,5-6,8-9,11-12H2,1H3. The number of piperidine rings is 1. The number of para-hydroxylation sites is 1. The molecule has 134 valence electrons. The molecule has 2 aromatic rings. The van der Waals surface area contributed by atoms with Crippen molar-refractivity contribution < 1.29 is 4.39 Å². The third-order valence-corrected chi connectivity index (χ3v) is 5.40. The molecule has 6 heteroatoms. The molecule has 2 aliphatic rings. The van der Waals surface area contributed by atoms with E-state index in [4.69, 9.17) is 4.98 Å². The van der Waals surface area contributed by atoms with Crippen molar-refractivity contribution in [1.82, 2.24) is 9.97 Å². The third kappa shape index (κ3) is 3.22. The van der Waals surface area contributed by atoms with Crippen LogP contribution in [-0.2, 0) is 0 Å². The predicted molar refractivity (Wildman–Crippen MR) is 98.8 cm³/mol. The molecule has 0 spiro atoms. The van der Waals surface area contributed by atoms with Gasteiger partial charge in [-0.15, -0.1) is 0 Å². The Hall–Kier alpha value is -2.68. The van der Waals surface area contributed by atoms with Crippen LogP contribution in [0.15, 0.2) is 30.5 Å². The van der Waals surface area contributed by atoms with Crippen LogP contribution in [0.3, 0.4) is 0 Å². The lowest BCUT2D eigenvalue weighted by atomic mass is 10.0. The molecule has 0 atom stereocenters. The molecule has 0 unspecified atom stereocenters. The van der Waals surface area contributed by atoms with E-state index in [9.17, 15) is 9.65 Å². The van der Waals surface area contributed by atoms with Crippen molar-refractivity contribution in [2.75, 3.05) is 29.9 Å². The van der Waals surface area contributed by atoms with Crippen LogP contribution in [0.2, 0.25) is 0 Å². The number of anilines is 2. The highest BCUT2D eigenvalue weighted by Gasteiger charge is 2.29. The second kappa shape index (κ2) is 6.91. The minimum absolute atomic E-state index is 0.319. The van der Waals surface area contributed by atoms with Crippen LogP contribution >= 0.6 is 0 Å². The number of rotatable bonds is 4. The predicted octanol–water partition coefficient (Wildman–Crippen LogP) is 3.47. The van der Waals surface area contributed by atoms with Gasteiger partial charge in [0.1, 0.15) is 23.5 Å². The summed E-state index contributed by atoms with van der Waals surface area (Å²) in [6.45, 7) is 1.45. The van der Waals surface area contributed by atoms with Gasteiger partial charge in [0.05, 0.1) is 11.3 Å². The van der Waals surface area contributed by atoms with Gasteiger partial charge in [0.25, 0.3) is 0 Å². The summed E-state index contributed by atoms with van der Waals surface area (Å²) in [5.74, 6) is 2.14.